The third-order valence-corrected chi connectivity index (χ3v) is 4.02. The molecule has 0 aliphatic carbocycles. The third kappa shape index (κ3) is 2.14. The topological polar surface area (TPSA) is 41.1 Å². The molecule has 0 radical (unpaired) electrons. The van der Waals surface area contributed by atoms with E-state index in [1.807, 2.05) is 29.6 Å². The van der Waals surface area contributed by atoms with Gasteiger partial charge in [0.2, 0.25) is 5.91 Å². The summed E-state index contributed by atoms with van der Waals surface area (Å²) >= 11 is 7.64. The second-order valence-electron chi connectivity index (χ2n) is 4.11. The molecule has 2 aromatic rings. The second-order valence-corrected chi connectivity index (χ2v) is 5.58. The van der Waals surface area contributed by atoms with Crippen molar-refractivity contribution in [2.75, 3.05) is 5.32 Å². The highest BCUT2D eigenvalue weighted by molar-refractivity contribution is 7.09. The first-order valence-corrected chi connectivity index (χ1v) is 6.86. The normalized spacial score (nSPS) is 17.6. The van der Waals surface area contributed by atoms with Crippen LogP contribution in [0.2, 0.25) is 5.02 Å². The zero-order valence-corrected chi connectivity index (χ0v) is 11.0. The monoisotopic (exact) mass is 278 g/mol. The van der Waals surface area contributed by atoms with Gasteiger partial charge in [0.25, 0.3) is 0 Å². The summed E-state index contributed by atoms with van der Waals surface area (Å²) in [4.78, 5) is 13.1. The Morgan fingerprint density at radius 1 is 1.39 bits per heavy atom. The van der Waals surface area contributed by atoms with Gasteiger partial charge in [0.1, 0.15) is 6.04 Å². The summed E-state index contributed by atoms with van der Waals surface area (Å²) in [6.45, 7) is 0.682. The number of thiophene rings is 1. The minimum atomic E-state index is -0.319. The number of carbonyl (C=O) groups excluding carboxylic acids is 1. The molecule has 1 aromatic carbocycles. The van der Waals surface area contributed by atoms with E-state index in [1.54, 1.807) is 17.4 Å². The van der Waals surface area contributed by atoms with Crippen molar-refractivity contribution >= 4 is 34.5 Å². The average Bonchev–Trinajstić information content (AvgIpc) is 2.94. The summed E-state index contributed by atoms with van der Waals surface area (Å²) in [6, 6.07) is 9.18. The molecular weight excluding hydrogens is 268 g/mol. The van der Waals surface area contributed by atoms with Crippen LogP contribution in [0.1, 0.15) is 16.5 Å². The smallest absolute Gasteiger partial charge is 0.246 e. The molecule has 1 aliphatic heterocycles. The van der Waals surface area contributed by atoms with Gasteiger partial charge in [-0.2, -0.15) is 0 Å². The van der Waals surface area contributed by atoms with Gasteiger partial charge >= 0.3 is 0 Å². The van der Waals surface area contributed by atoms with Crippen LogP contribution in [0.15, 0.2) is 35.7 Å². The molecule has 1 aliphatic rings. The van der Waals surface area contributed by atoms with E-state index >= 15 is 0 Å². The van der Waals surface area contributed by atoms with Gasteiger partial charge in [-0.1, -0.05) is 17.7 Å². The van der Waals surface area contributed by atoms with E-state index in [-0.39, 0.29) is 11.9 Å². The lowest BCUT2D eigenvalue weighted by atomic mass is 10.1. The molecule has 0 spiro atoms. The van der Waals surface area contributed by atoms with Gasteiger partial charge in [0.05, 0.1) is 0 Å². The fourth-order valence-corrected chi connectivity index (χ4v) is 2.89. The van der Waals surface area contributed by atoms with Crippen LogP contribution in [0.5, 0.6) is 0 Å². The van der Waals surface area contributed by atoms with Crippen LogP contribution in [-0.2, 0) is 11.3 Å². The highest BCUT2D eigenvalue weighted by Crippen LogP contribution is 2.33. The fraction of sp³-hybridized carbons (Fsp3) is 0.154. The molecule has 3 nitrogen and oxygen atoms in total. The lowest BCUT2D eigenvalue weighted by Gasteiger charge is -2.10. The van der Waals surface area contributed by atoms with Gasteiger partial charge in [-0.15, -0.1) is 11.3 Å². The quantitative estimate of drug-likeness (QED) is 0.905. The van der Waals surface area contributed by atoms with Crippen LogP contribution in [0.4, 0.5) is 5.69 Å². The maximum atomic E-state index is 11.9. The molecule has 2 heterocycles. The Kier molecular flexibility index (Phi) is 3.07. The molecule has 2 N–H and O–H groups in total. The van der Waals surface area contributed by atoms with Gasteiger partial charge in [-0.3, -0.25) is 10.1 Å². The largest absolute Gasteiger partial charge is 0.324 e. The Morgan fingerprint density at radius 3 is 3.06 bits per heavy atom. The van der Waals surface area contributed by atoms with E-state index in [0.717, 1.165) is 11.3 Å². The maximum Gasteiger partial charge on any atom is 0.246 e. The van der Waals surface area contributed by atoms with E-state index < -0.39 is 0 Å². The number of halogens is 1. The summed E-state index contributed by atoms with van der Waals surface area (Å²) in [5.74, 6) is -0.0242. The van der Waals surface area contributed by atoms with Crippen LogP contribution in [0.3, 0.4) is 0 Å². The predicted molar refractivity (Wildman–Crippen MR) is 74.0 cm³/mol. The first-order valence-electron chi connectivity index (χ1n) is 5.60. The van der Waals surface area contributed by atoms with Crippen LogP contribution >= 0.6 is 22.9 Å². The summed E-state index contributed by atoms with van der Waals surface area (Å²) in [5.41, 5.74) is 1.76. The van der Waals surface area contributed by atoms with Gasteiger partial charge in [0.15, 0.2) is 0 Å². The SMILES string of the molecule is O=C1Nc2ccc(Cl)cc2C1NCc1cccs1. The van der Waals surface area contributed by atoms with Crippen LogP contribution in [0.25, 0.3) is 0 Å². The van der Waals surface area contributed by atoms with E-state index in [0.29, 0.717) is 11.6 Å². The van der Waals surface area contributed by atoms with Crippen molar-refractivity contribution in [1.29, 1.82) is 0 Å². The summed E-state index contributed by atoms with van der Waals surface area (Å²) in [7, 11) is 0. The van der Waals surface area contributed by atoms with Gasteiger partial charge < -0.3 is 5.32 Å². The van der Waals surface area contributed by atoms with E-state index in [4.69, 9.17) is 11.6 Å². The van der Waals surface area contributed by atoms with Crippen LogP contribution < -0.4 is 10.6 Å². The van der Waals surface area contributed by atoms with Crippen molar-refractivity contribution in [3.63, 3.8) is 0 Å². The molecule has 92 valence electrons. The Hall–Kier alpha value is -1.36. The second kappa shape index (κ2) is 4.72. The van der Waals surface area contributed by atoms with Crippen molar-refractivity contribution in [3.8, 4) is 0 Å². The molecule has 18 heavy (non-hydrogen) atoms. The van der Waals surface area contributed by atoms with Crippen LogP contribution in [-0.4, -0.2) is 5.91 Å². The Morgan fingerprint density at radius 2 is 2.28 bits per heavy atom. The summed E-state index contributed by atoms with van der Waals surface area (Å²) in [6.07, 6.45) is 0. The number of anilines is 1. The number of carbonyl (C=O) groups is 1. The van der Waals surface area contributed by atoms with Crippen molar-refractivity contribution in [1.82, 2.24) is 5.32 Å². The van der Waals surface area contributed by atoms with Crippen LogP contribution in [0, 0.1) is 0 Å². The number of nitrogens with one attached hydrogen (secondary N) is 2. The molecule has 1 amide bonds. The Bertz CT molecular complexity index is 583. The molecule has 0 bridgehead atoms. The predicted octanol–water partition coefficient (Wildman–Crippen LogP) is 3.18. The summed E-state index contributed by atoms with van der Waals surface area (Å²) in [5, 5.41) is 8.78. The number of benzene rings is 1. The first kappa shape index (κ1) is 11.7. The minimum absolute atomic E-state index is 0.0242. The fourth-order valence-electron chi connectivity index (χ4n) is 2.05. The molecule has 0 fully saturated rings. The van der Waals surface area contributed by atoms with Gasteiger partial charge in [-0.05, 0) is 29.6 Å². The Balaban J connectivity index is 1.80. The van der Waals surface area contributed by atoms with E-state index in [1.165, 1.54) is 4.88 Å². The molecule has 3 rings (SSSR count). The third-order valence-electron chi connectivity index (χ3n) is 2.91. The van der Waals surface area contributed by atoms with Crippen molar-refractivity contribution in [2.45, 2.75) is 12.6 Å². The zero-order chi connectivity index (χ0) is 12.5. The van der Waals surface area contributed by atoms with E-state index in [2.05, 4.69) is 10.6 Å². The molecule has 0 saturated carbocycles. The number of hydrogen-bond acceptors (Lipinski definition) is 3. The Labute approximate surface area is 114 Å². The highest BCUT2D eigenvalue weighted by Gasteiger charge is 2.30. The maximum absolute atomic E-state index is 11.9. The molecule has 1 unspecified atom stereocenters. The standard InChI is InChI=1S/C13H11ClN2OS/c14-8-3-4-11-10(6-8)12(13(17)16-11)15-7-9-2-1-5-18-9/h1-6,12,15H,7H2,(H,16,17). The van der Waals surface area contributed by atoms with Gasteiger partial charge in [-0.25, -0.2) is 0 Å². The number of rotatable bonds is 3. The molecule has 5 heteroatoms. The lowest BCUT2D eigenvalue weighted by Crippen LogP contribution is -2.26. The lowest BCUT2D eigenvalue weighted by molar-refractivity contribution is -0.117. The number of amides is 1. The van der Waals surface area contributed by atoms with Crippen molar-refractivity contribution in [3.05, 3.63) is 51.2 Å². The summed E-state index contributed by atoms with van der Waals surface area (Å²) < 4.78 is 0. The highest BCUT2D eigenvalue weighted by atomic mass is 35.5. The van der Waals surface area contributed by atoms with Crippen molar-refractivity contribution < 1.29 is 4.79 Å². The number of fused-ring (bicyclic) bond motifs is 1. The molecular formula is C13H11ClN2OS. The van der Waals surface area contributed by atoms with E-state index in [9.17, 15) is 4.79 Å². The average molecular weight is 279 g/mol. The van der Waals surface area contributed by atoms with Crippen molar-refractivity contribution in [2.24, 2.45) is 0 Å². The first-order chi connectivity index (χ1) is 8.74. The molecule has 1 atom stereocenters. The minimum Gasteiger partial charge on any atom is -0.324 e. The number of hydrogen-bond donors (Lipinski definition) is 2. The molecule has 1 aromatic heterocycles. The zero-order valence-electron chi connectivity index (χ0n) is 9.44. The molecule has 0 saturated heterocycles. The van der Waals surface area contributed by atoms with Gasteiger partial charge in [0, 0.05) is 27.7 Å².